The Bertz CT molecular complexity index is 631. The topological polar surface area (TPSA) is 69.2 Å². The van der Waals surface area contributed by atoms with Gasteiger partial charge in [0.25, 0.3) is 0 Å². The predicted molar refractivity (Wildman–Crippen MR) is 74.9 cm³/mol. The van der Waals surface area contributed by atoms with E-state index in [2.05, 4.69) is 5.32 Å². The summed E-state index contributed by atoms with van der Waals surface area (Å²) in [6.45, 7) is 0. The first-order valence-corrected chi connectivity index (χ1v) is 6.01. The van der Waals surface area contributed by atoms with Crippen molar-refractivity contribution in [2.45, 2.75) is 0 Å². The van der Waals surface area contributed by atoms with Gasteiger partial charge in [-0.1, -0.05) is 42.5 Å². The van der Waals surface area contributed by atoms with Crippen LogP contribution in [0.1, 0.15) is 15.9 Å². The fraction of sp³-hybridized carbons (Fsp3) is 0. The molecule has 20 heavy (non-hydrogen) atoms. The molecule has 4 heteroatoms. The van der Waals surface area contributed by atoms with Gasteiger partial charge in [0, 0.05) is 11.8 Å². The van der Waals surface area contributed by atoms with E-state index in [9.17, 15) is 14.7 Å². The molecule has 0 fully saturated rings. The maximum atomic E-state index is 11.7. The molecule has 0 aliphatic heterocycles. The first-order chi connectivity index (χ1) is 9.65. The second-order valence-corrected chi connectivity index (χ2v) is 4.10. The van der Waals surface area contributed by atoms with E-state index in [0.717, 1.165) is 5.56 Å². The first kappa shape index (κ1) is 13.5. The summed E-state index contributed by atoms with van der Waals surface area (Å²) < 4.78 is 0. The molecule has 0 radical (unpaired) electrons. The Morgan fingerprint density at radius 2 is 1.60 bits per heavy atom. The first-order valence-electron chi connectivity index (χ1n) is 6.01. The van der Waals surface area contributed by atoms with Crippen molar-refractivity contribution in [2.75, 3.05) is 5.32 Å². The van der Waals surface area contributed by atoms with Gasteiger partial charge in [-0.25, -0.2) is 0 Å². The quantitative estimate of drug-likeness (QED) is 0.856. The Labute approximate surface area is 116 Å². The fourth-order valence-corrected chi connectivity index (χ4v) is 1.61. The molecule has 0 unspecified atom stereocenters. The van der Waals surface area contributed by atoms with Crippen LogP contribution in [-0.4, -0.2) is 11.9 Å². The van der Waals surface area contributed by atoms with E-state index in [4.69, 9.17) is 0 Å². The van der Waals surface area contributed by atoms with Gasteiger partial charge in [-0.15, -0.1) is 0 Å². The van der Waals surface area contributed by atoms with Crippen LogP contribution in [0.4, 0.5) is 5.69 Å². The number of hydrogen-bond acceptors (Lipinski definition) is 3. The second-order valence-electron chi connectivity index (χ2n) is 4.10. The zero-order chi connectivity index (χ0) is 14.4. The van der Waals surface area contributed by atoms with Crippen molar-refractivity contribution in [1.29, 1.82) is 0 Å². The van der Waals surface area contributed by atoms with Gasteiger partial charge in [-0.3, -0.25) is 4.79 Å². The number of carbonyl (C=O) groups excluding carboxylic acids is 2. The lowest BCUT2D eigenvalue weighted by atomic mass is 10.2. The molecule has 2 aromatic carbocycles. The molecule has 1 amide bonds. The molecule has 0 aliphatic carbocycles. The zero-order valence-corrected chi connectivity index (χ0v) is 10.6. The number of aromatic carboxylic acids is 1. The number of carboxylic acid groups (broad SMARTS) is 1. The van der Waals surface area contributed by atoms with Gasteiger partial charge in [0.1, 0.15) is 0 Å². The Kier molecular flexibility index (Phi) is 4.29. The highest BCUT2D eigenvalue weighted by Gasteiger charge is 1.98. The maximum absolute atomic E-state index is 11.7. The number of nitrogens with one attached hydrogen (secondary N) is 1. The number of anilines is 1. The maximum Gasteiger partial charge on any atom is 0.248 e. The molecular weight excluding hydrogens is 254 g/mol. The van der Waals surface area contributed by atoms with Crippen molar-refractivity contribution < 1.29 is 14.7 Å². The van der Waals surface area contributed by atoms with E-state index < -0.39 is 5.97 Å². The second kappa shape index (κ2) is 6.33. The molecule has 0 saturated heterocycles. The van der Waals surface area contributed by atoms with Crippen LogP contribution in [0.3, 0.4) is 0 Å². The number of benzene rings is 2. The lowest BCUT2D eigenvalue weighted by Gasteiger charge is -2.05. The largest absolute Gasteiger partial charge is 0.545 e. The van der Waals surface area contributed by atoms with Crippen molar-refractivity contribution in [1.82, 2.24) is 0 Å². The number of hydrogen-bond donors (Lipinski definition) is 1. The average molecular weight is 266 g/mol. The molecule has 0 saturated carbocycles. The fourth-order valence-electron chi connectivity index (χ4n) is 1.61. The molecule has 0 bridgehead atoms. The standard InChI is InChI=1S/C16H13NO3/c18-15(11-6-12-4-2-1-3-5-12)17-14-9-7-13(8-10-14)16(19)20/h1-11H,(H,17,18)(H,19,20)/p-1/b11-6+. The Morgan fingerprint density at radius 3 is 2.20 bits per heavy atom. The summed E-state index contributed by atoms with van der Waals surface area (Å²) in [5.74, 6) is -1.53. The number of carbonyl (C=O) groups is 2. The molecule has 0 spiro atoms. The molecule has 0 aromatic heterocycles. The third-order valence-corrected chi connectivity index (χ3v) is 2.61. The minimum atomic E-state index is -1.24. The van der Waals surface area contributed by atoms with Gasteiger partial charge in [0.15, 0.2) is 0 Å². The van der Waals surface area contributed by atoms with Gasteiger partial charge in [0.2, 0.25) is 5.91 Å². The molecule has 1 N–H and O–H groups in total. The van der Waals surface area contributed by atoms with Crippen molar-refractivity contribution in [3.63, 3.8) is 0 Å². The lowest BCUT2D eigenvalue weighted by molar-refractivity contribution is -0.255. The lowest BCUT2D eigenvalue weighted by Crippen LogP contribution is -2.22. The van der Waals surface area contributed by atoms with Crippen LogP contribution in [0, 0.1) is 0 Å². The van der Waals surface area contributed by atoms with Crippen molar-refractivity contribution in [3.05, 3.63) is 71.8 Å². The predicted octanol–water partition coefficient (Wildman–Crippen LogP) is 1.70. The van der Waals surface area contributed by atoms with Crippen LogP contribution in [0.5, 0.6) is 0 Å². The summed E-state index contributed by atoms with van der Waals surface area (Å²) in [6.07, 6.45) is 3.12. The van der Waals surface area contributed by atoms with Crippen LogP contribution < -0.4 is 10.4 Å². The molecule has 4 nitrogen and oxygen atoms in total. The molecule has 0 heterocycles. The smallest absolute Gasteiger partial charge is 0.248 e. The molecule has 100 valence electrons. The third kappa shape index (κ3) is 3.81. The van der Waals surface area contributed by atoms with Gasteiger partial charge in [0.05, 0.1) is 5.97 Å². The summed E-state index contributed by atoms with van der Waals surface area (Å²) in [4.78, 5) is 22.3. The van der Waals surface area contributed by atoms with Gasteiger partial charge in [-0.05, 0) is 29.3 Å². The highest BCUT2D eigenvalue weighted by Crippen LogP contribution is 2.09. The Hall–Kier alpha value is -2.88. The number of amides is 1. The van der Waals surface area contributed by atoms with Crippen molar-refractivity contribution in [2.24, 2.45) is 0 Å². The van der Waals surface area contributed by atoms with Crippen LogP contribution >= 0.6 is 0 Å². The molecule has 2 aromatic rings. The molecule has 0 aliphatic rings. The highest BCUT2D eigenvalue weighted by atomic mass is 16.4. The van der Waals surface area contributed by atoms with Gasteiger partial charge in [-0.2, -0.15) is 0 Å². The molecule has 2 rings (SSSR count). The van der Waals surface area contributed by atoms with Gasteiger partial charge >= 0.3 is 0 Å². The summed E-state index contributed by atoms with van der Waals surface area (Å²) >= 11 is 0. The average Bonchev–Trinajstić information content (AvgIpc) is 2.47. The van der Waals surface area contributed by atoms with E-state index in [-0.39, 0.29) is 11.5 Å². The van der Waals surface area contributed by atoms with E-state index >= 15 is 0 Å². The van der Waals surface area contributed by atoms with Crippen LogP contribution in [0.15, 0.2) is 60.7 Å². The summed E-state index contributed by atoms with van der Waals surface area (Å²) in [6, 6.07) is 15.2. The van der Waals surface area contributed by atoms with E-state index in [1.165, 1.54) is 30.3 Å². The highest BCUT2D eigenvalue weighted by molar-refractivity contribution is 6.02. The zero-order valence-electron chi connectivity index (χ0n) is 10.6. The minimum Gasteiger partial charge on any atom is -0.545 e. The van der Waals surface area contributed by atoms with Crippen molar-refractivity contribution >= 4 is 23.6 Å². The van der Waals surface area contributed by atoms with Crippen molar-refractivity contribution in [3.8, 4) is 0 Å². The van der Waals surface area contributed by atoms with E-state index in [1.54, 1.807) is 6.08 Å². The number of rotatable bonds is 4. The SMILES string of the molecule is O=C(/C=C/c1ccccc1)Nc1ccc(C(=O)[O-])cc1. The van der Waals surface area contributed by atoms with Crippen LogP contribution in [0.2, 0.25) is 0 Å². The summed E-state index contributed by atoms with van der Waals surface area (Å²) in [5.41, 5.74) is 1.52. The van der Waals surface area contributed by atoms with E-state index in [1.807, 2.05) is 30.3 Å². The number of carboxylic acids is 1. The van der Waals surface area contributed by atoms with Gasteiger partial charge < -0.3 is 15.2 Å². The minimum absolute atomic E-state index is 0.0721. The molecule has 0 atom stereocenters. The monoisotopic (exact) mass is 266 g/mol. The summed E-state index contributed by atoms with van der Waals surface area (Å²) in [7, 11) is 0. The molecular formula is C16H12NO3-. The normalized spacial score (nSPS) is 10.4. The Morgan fingerprint density at radius 1 is 0.950 bits per heavy atom. The van der Waals surface area contributed by atoms with E-state index in [0.29, 0.717) is 5.69 Å². The van der Waals surface area contributed by atoms with Crippen LogP contribution in [0.25, 0.3) is 6.08 Å². The van der Waals surface area contributed by atoms with Crippen LogP contribution in [-0.2, 0) is 4.79 Å². The summed E-state index contributed by atoms with van der Waals surface area (Å²) in [5, 5.41) is 13.2. The Balaban J connectivity index is 1.98. The third-order valence-electron chi connectivity index (χ3n) is 2.61.